The highest BCUT2D eigenvalue weighted by Crippen LogP contribution is 2.31. The van der Waals surface area contributed by atoms with Crippen LogP contribution in [0, 0.1) is 15.9 Å². The zero-order valence-corrected chi connectivity index (χ0v) is 11.1. The highest BCUT2D eigenvalue weighted by atomic mass is 19.1. The lowest BCUT2D eigenvalue weighted by Gasteiger charge is -2.18. The molecule has 110 valence electrons. The Kier molecular flexibility index (Phi) is 3.61. The van der Waals surface area contributed by atoms with Gasteiger partial charge in [-0.2, -0.15) is 4.98 Å². The van der Waals surface area contributed by atoms with Gasteiger partial charge in [0.1, 0.15) is 11.4 Å². The SMILES string of the molecule is O=[N+]([O-])c1ccc(F)cc1-c1nc(C2CCNCC2)no1. The lowest BCUT2D eigenvalue weighted by Crippen LogP contribution is -2.27. The van der Waals surface area contributed by atoms with E-state index in [2.05, 4.69) is 15.5 Å². The third kappa shape index (κ3) is 2.75. The van der Waals surface area contributed by atoms with Crippen molar-refractivity contribution in [1.82, 2.24) is 15.5 Å². The fourth-order valence-electron chi connectivity index (χ4n) is 2.43. The van der Waals surface area contributed by atoms with Crippen LogP contribution in [0.2, 0.25) is 0 Å². The fraction of sp³-hybridized carbons (Fsp3) is 0.385. The smallest absolute Gasteiger partial charge is 0.282 e. The van der Waals surface area contributed by atoms with Crippen LogP contribution < -0.4 is 5.32 Å². The maximum Gasteiger partial charge on any atom is 0.282 e. The van der Waals surface area contributed by atoms with Crippen LogP contribution in [0.4, 0.5) is 10.1 Å². The maximum absolute atomic E-state index is 13.3. The van der Waals surface area contributed by atoms with E-state index in [-0.39, 0.29) is 23.1 Å². The van der Waals surface area contributed by atoms with Gasteiger partial charge in [-0.15, -0.1) is 0 Å². The summed E-state index contributed by atoms with van der Waals surface area (Å²) in [6.45, 7) is 1.74. The molecular weight excluding hydrogens is 279 g/mol. The predicted octanol–water partition coefficient (Wildman–Crippen LogP) is 2.25. The van der Waals surface area contributed by atoms with Crippen LogP contribution in [-0.4, -0.2) is 28.2 Å². The van der Waals surface area contributed by atoms with Gasteiger partial charge in [-0.1, -0.05) is 5.16 Å². The molecular formula is C13H13FN4O3. The number of halogens is 1. The van der Waals surface area contributed by atoms with E-state index in [1.807, 2.05) is 0 Å². The Hall–Kier alpha value is -2.35. The number of nitrogens with zero attached hydrogens (tertiary/aromatic N) is 3. The number of benzene rings is 1. The highest BCUT2D eigenvalue weighted by Gasteiger charge is 2.25. The first-order valence-corrected chi connectivity index (χ1v) is 6.64. The summed E-state index contributed by atoms with van der Waals surface area (Å²) in [4.78, 5) is 14.6. The zero-order chi connectivity index (χ0) is 14.8. The van der Waals surface area contributed by atoms with Gasteiger partial charge in [0.25, 0.3) is 11.6 Å². The first-order valence-electron chi connectivity index (χ1n) is 6.64. The van der Waals surface area contributed by atoms with E-state index in [9.17, 15) is 14.5 Å². The van der Waals surface area contributed by atoms with Gasteiger partial charge in [0.15, 0.2) is 5.82 Å². The van der Waals surface area contributed by atoms with E-state index in [0.29, 0.717) is 5.82 Å². The fourth-order valence-corrected chi connectivity index (χ4v) is 2.43. The molecule has 8 heteroatoms. The van der Waals surface area contributed by atoms with Crippen LogP contribution in [0.25, 0.3) is 11.5 Å². The Morgan fingerprint density at radius 1 is 1.38 bits per heavy atom. The minimum absolute atomic E-state index is 0.00712. The molecule has 0 unspecified atom stereocenters. The highest BCUT2D eigenvalue weighted by molar-refractivity contribution is 5.66. The number of hydrogen-bond acceptors (Lipinski definition) is 6. The second kappa shape index (κ2) is 5.57. The van der Waals surface area contributed by atoms with E-state index >= 15 is 0 Å². The van der Waals surface area contributed by atoms with E-state index in [0.717, 1.165) is 44.1 Å². The summed E-state index contributed by atoms with van der Waals surface area (Å²) in [7, 11) is 0. The third-order valence-electron chi connectivity index (χ3n) is 3.53. The van der Waals surface area contributed by atoms with Crippen LogP contribution in [0.15, 0.2) is 22.7 Å². The van der Waals surface area contributed by atoms with Crippen molar-refractivity contribution in [3.8, 4) is 11.5 Å². The zero-order valence-electron chi connectivity index (χ0n) is 11.1. The number of hydrogen-bond donors (Lipinski definition) is 1. The molecule has 0 saturated carbocycles. The van der Waals surface area contributed by atoms with Gasteiger partial charge in [0.2, 0.25) is 0 Å². The second-order valence-electron chi connectivity index (χ2n) is 4.90. The van der Waals surface area contributed by atoms with Crippen molar-refractivity contribution in [2.24, 2.45) is 0 Å². The van der Waals surface area contributed by atoms with Crippen LogP contribution in [0.3, 0.4) is 0 Å². The molecule has 1 aliphatic heterocycles. The van der Waals surface area contributed by atoms with Gasteiger partial charge in [-0.3, -0.25) is 10.1 Å². The van der Waals surface area contributed by atoms with Gasteiger partial charge in [-0.05, 0) is 38.1 Å². The van der Waals surface area contributed by atoms with Gasteiger partial charge in [-0.25, -0.2) is 4.39 Å². The molecule has 1 fully saturated rings. The van der Waals surface area contributed by atoms with Gasteiger partial charge in [0, 0.05) is 12.0 Å². The molecule has 2 heterocycles. The lowest BCUT2D eigenvalue weighted by molar-refractivity contribution is -0.384. The minimum atomic E-state index is -0.594. The average Bonchev–Trinajstić information content (AvgIpc) is 2.97. The number of nitrogens with one attached hydrogen (secondary N) is 1. The molecule has 2 aromatic rings. The standard InChI is InChI=1S/C13H13FN4O3/c14-9-1-2-11(18(19)20)10(7-9)13-16-12(17-21-13)8-3-5-15-6-4-8/h1-2,7-8,15H,3-6H2. The molecule has 1 aromatic carbocycles. The summed E-state index contributed by atoms with van der Waals surface area (Å²) in [5, 5.41) is 18.1. The number of nitro benzene ring substituents is 1. The Morgan fingerprint density at radius 2 is 2.14 bits per heavy atom. The Labute approximate surface area is 119 Å². The van der Waals surface area contributed by atoms with E-state index in [1.165, 1.54) is 0 Å². The molecule has 0 spiro atoms. The normalized spacial score (nSPS) is 16.0. The number of piperidine rings is 1. The number of rotatable bonds is 3. The van der Waals surface area contributed by atoms with Gasteiger partial charge < -0.3 is 9.84 Å². The summed E-state index contributed by atoms with van der Waals surface area (Å²) in [6, 6.07) is 3.17. The van der Waals surface area contributed by atoms with E-state index in [1.54, 1.807) is 0 Å². The van der Waals surface area contributed by atoms with Crippen LogP contribution in [0.5, 0.6) is 0 Å². The summed E-state index contributed by atoms with van der Waals surface area (Å²) in [6.07, 6.45) is 1.76. The van der Waals surface area contributed by atoms with Crippen LogP contribution >= 0.6 is 0 Å². The molecule has 1 N–H and O–H groups in total. The van der Waals surface area contributed by atoms with Crippen molar-refractivity contribution in [2.45, 2.75) is 18.8 Å². The summed E-state index contributed by atoms with van der Waals surface area (Å²) >= 11 is 0. The maximum atomic E-state index is 13.3. The first-order chi connectivity index (χ1) is 10.1. The van der Waals surface area contributed by atoms with Crippen LogP contribution in [0.1, 0.15) is 24.6 Å². The van der Waals surface area contributed by atoms with Gasteiger partial charge >= 0.3 is 0 Å². The number of nitro groups is 1. The summed E-state index contributed by atoms with van der Waals surface area (Å²) in [5.41, 5.74) is -0.246. The van der Waals surface area contributed by atoms with Crippen molar-refractivity contribution >= 4 is 5.69 Å². The Morgan fingerprint density at radius 3 is 2.86 bits per heavy atom. The molecule has 1 aromatic heterocycles. The Balaban J connectivity index is 1.95. The van der Waals surface area contributed by atoms with Crippen LogP contribution in [-0.2, 0) is 0 Å². The second-order valence-corrected chi connectivity index (χ2v) is 4.90. The van der Waals surface area contributed by atoms with Crippen molar-refractivity contribution in [3.63, 3.8) is 0 Å². The lowest BCUT2D eigenvalue weighted by atomic mass is 9.98. The third-order valence-corrected chi connectivity index (χ3v) is 3.53. The van der Waals surface area contributed by atoms with Crippen molar-refractivity contribution in [3.05, 3.63) is 40.0 Å². The van der Waals surface area contributed by atoms with Crippen molar-refractivity contribution < 1.29 is 13.8 Å². The van der Waals surface area contributed by atoms with Gasteiger partial charge in [0.05, 0.1) is 4.92 Å². The molecule has 0 amide bonds. The van der Waals surface area contributed by atoms with Crippen molar-refractivity contribution in [1.29, 1.82) is 0 Å². The first kappa shape index (κ1) is 13.6. The largest absolute Gasteiger partial charge is 0.334 e. The number of aromatic nitrogens is 2. The molecule has 1 saturated heterocycles. The molecule has 1 aliphatic rings. The van der Waals surface area contributed by atoms with E-state index in [4.69, 9.17) is 4.52 Å². The summed E-state index contributed by atoms with van der Waals surface area (Å²) in [5.74, 6) is 0.0772. The molecule has 3 rings (SSSR count). The molecule has 0 bridgehead atoms. The monoisotopic (exact) mass is 292 g/mol. The minimum Gasteiger partial charge on any atom is -0.334 e. The Bertz CT molecular complexity index is 667. The topological polar surface area (TPSA) is 94.1 Å². The average molecular weight is 292 g/mol. The summed E-state index contributed by atoms with van der Waals surface area (Å²) < 4.78 is 18.4. The quantitative estimate of drug-likeness (QED) is 0.688. The molecule has 0 atom stereocenters. The molecule has 0 aliphatic carbocycles. The van der Waals surface area contributed by atoms with Crippen molar-refractivity contribution in [2.75, 3.05) is 13.1 Å². The molecule has 21 heavy (non-hydrogen) atoms. The van der Waals surface area contributed by atoms with E-state index < -0.39 is 10.7 Å². The molecule has 7 nitrogen and oxygen atoms in total. The molecule has 0 radical (unpaired) electrons. The predicted molar refractivity (Wildman–Crippen MR) is 71.2 cm³/mol.